The average Bonchev–Trinajstić information content (AvgIpc) is 2.35. The van der Waals surface area contributed by atoms with Crippen LogP contribution in [0.1, 0.15) is 40.5 Å². The molecule has 17 heavy (non-hydrogen) atoms. The molecule has 2 unspecified atom stereocenters. The first-order valence-corrected chi connectivity index (χ1v) is 6.49. The van der Waals surface area contributed by atoms with Crippen molar-refractivity contribution in [3.8, 4) is 0 Å². The van der Waals surface area contributed by atoms with Gasteiger partial charge in [0.25, 0.3) is 0 Å². The van der Waals surface area contributed by atoms with Gasteiger partial charge in [-0.3, -0.25) is 11.3 Å². The molecule has 1 aliphatic heterocycles. The van der Waals surface area contributed by atoms with E-state index in [1.807, 2.05) is 0 Å². The van der Waals surface area contributed by atoms with Crippen molar-refractivity contribution in [1.82, 2.24) is 10.3 Å². The van der Waals surface area contributed by atoms with Crippen LogP contribution < -0.4 is 11.3 Å². The summed E-state index contributed by atoms with van der Waals surface area (Å²) in [5, 5.41) is 0. The third-order valence-corrected chi connectivity index (χ3v) is 3.73. The molecule has 4 nitrogen and oxygen atoms in total. The minimum Gasteiger partial charge on any atom is -0.369 e. The molecule has 0 spiro atoms. The molecule has 0 radical (unpaired) electrons. The summed E-state index contributed by atoms with van der Waals surface area (Å²) < 4.78 is 6.13. The van der Waals surface area contributed by atoms with Crippen LogP contribution in [-0.4, -0.2) is 42.8 Å². The van der Waals surface area contributed by atoms with Gasteiger partial charge in [0.2, 0.25) is 0 Å². The number of hydrazine groups is 1. The van der Waals surface area contributed by atoms with Gasteiger partial charge in [-0.1, -0.05) is 0 Å². The number of hydrogen-bond donors (Lipinski definition) is 2. The lowest BCUT2D eigenvalue weighted by molar-refractivity contribution is -0.0780. The Morgan fingerprint density at radius 2 is 1.94 bits per heavy atom. The molecule has 0 aliphatic carbocycles. The lowest BCUT2D eigenvalue weighted by Crippen LogP contribution is -2.48. The van der Waals surface area contributed by atoms with Crippen molar-refractivity contribution >= 4 is 0 Å². The summed E-state index contributed by atoms with van der Waals surface area (Å²) in [6, 6.07) is 0.314. The van der Waals surface area contributed by atoms with Gasteiger partial charge < -0.3 is 9.64 Å². The Balaban J connectivity index is 2.68. The van der Waals surface area contributed by atoms with E-state index in [4.69, 9.17) is 10.6 Å². The van der Waals surface area contributed by atoms with Gasteiger partial charge in [0.05, 0.1) is 11.2 Å². The summed E-state index contributed by atoms with van der Waals surface area (Å²) >= 11 is 0. The smallest absolute Gasteiger partial charge is 0.0678 e. The monoisotopic (exact) mass is 243 g/mol. The number of hydrogen-bond acceptors (Lipinski definition) is 4. The zero-order chi connectivity index (χ0) is 13.3. The van der Waals surface area contributed by atoms with E-state index in [1.165, 1.54) is 0 Å². The summed E-state index contributed by atoms with van der Waals surface area (Å²) in [6.45, 7) is 9.71. The zero-order valence-corrected chi connectivity index (χ0v) is 12.2. The quantitative estimate of drug-likeness (QED) is 0.565. The zero-order valence-electron chi connectivity index (χ0n) is 12.2. The molecule has 1 fully saturated rings. The molecule has 1 heterocycles. The van der Waals surface area contributed by atoms with Crippen molar-refractivity contribution < 1.29 is 4.74 Å². The Labute approximate surface area is 106 Å². The van der Waals surface area contributed by atoms with Gasteiger partial charge in [-0.05, 0) is 61.2 Å². The minimum absolute atomic E-state index is 0.0403. The van der Waals surface area contributed by atoms with E-state index in [1.54, 1.807) is 0 Å². The maximum atomic E-state index is 6.13. The second-order valence-corrected chi connectivity index (χ2v) is 6.64. The van der Waals surface area contributed by atoms with Crippen LogP contribution >= 0.6 is 0 Å². The number of nitrogens with zero attached hydrogens (tertiary/aromatic N) is 1. The molecule has 0 bridgehead atoms. The van der Waals surface area contributed by atoms with Gasteiger partial charge in [0.15, 0.2) is 0 Å². The summed E-state index contributed by atoms with van der Waals surface area (Å²) in [5.41, 5.74) is 2.84. The van der Waals surface area contributed by atoms with Crippen LogP contribution in [0.25, 0.3) is 0 Å². The highest BCUT2D eigenvalue weighted by Crippen LogP contribution is 2.43. The molecule has 0 aromatic rings. The maximum Gasteiger partial charge on any atom is 0.0678 e. The summed E-state index contributed by atoms with van der Waals surface area (Å²) in [5.74, 6) is 6.19. The van der Waals surface area contributed by atoms with E-state index in [9.17, 15) is 0 Å². The Kier molecular flexibility index (Phi) is 4.58. The normalized spacial score (nSPS) is 28.6. The number of rotatable bonds is 5. The van der Waals surface area contributed by atoms with E-state index in [2.05, 4.69) is 52.1 Å². The highest BCUT2D eigenvalue weighted by atomic mass is 16.5. The first-order valence-electron chi connectivity index (χ1n) is 6.49. The molecule has 102 valence electrons. The first-order chi connectivity index (χ1) is 7.68. The lowest BCUT2D eigenvalue weighted by Gasteiger charge is -2.33. The summed E-state index contributed by atoms with van der Waals surface area (Å²) in [7, 11) is 4.18. The van der Waals surface area contributed by atoms with Crippen LogP contribution in [0, 0.1) is 5.92 Å². The van der Waals surface area contributed by atoms with Crippen molar-refractivity contribution in [3.63, 3.8) is 0 Å². The van der Waals surface area contributed by atoms with Crippen LogP contribution in [0.15, 0.2) is 0 Å². The van der Waals surface area contributed by atoms with Crippen LogP contribution in [-0.2, 0) is 4.74 Å². The molecular weight excluding hydrogens is 214 g/mol. The van der Waals surface area contributed by atoms with Crippen LogP contribution in [0.4, 0.5) is 0 Å². The van der Waals surface area contributed by atoms with Crippen molar-refractivity contribution in [2.24, 2.45) is 11.8 Å². The van der Waals surface area contributed by atoms with Gasteiger partial charge in [0.1, 0.15) is 0 Å². The SMILES string of the molecule is CN(C)CCC(NN)C1CC(C)(C)OC1(C)C. The van der Waals surface area contributed by atoms with Crippen LogP contribution in [0.2, 0.25) is 0 Å². The standard InChI is InChI=1S/C13H29N3O/c1-12(2)9-10(13(3,4)17-12)11(15-14)7-8-16(5)6/h10-11,15H,7-9,14H2,1-6H3. The molecule has 2 atom stereocenters. The molecule has 0 amide bonds. The molecule has 3 N–H and O–H groups in total. The van der Waals surface area contributed by atoms with Crippen LogP contribution in [0.5, 0.6) is 0 Å². The van der Waals surface area contributed by atoms with Crippen molar-refractivity contribution in [1.29, 1.82) is 0 Å². The van der Waals surface area contributed by atoms with E-state index in [-0.39, 0.29) is 11.2 Å². The minimum atomic E-state index is -0.104. The molecular formula is C13H29N3O. The molecule has 0 saturated carbocycles. The van der Waals surface area contributed by atoms with Gasteiger partial charge in [-0.2, -0.15) is 0 Å². The highest BCUT2D eigenvalue weighted by molar-refractivity contribution is 4.99. The van der Waals surface area contributed by atoms with Crippen molar-refractivity contribution in [2.45, 2.75) is 57.8 Å². The largest absolute Gasteiger partial charge is 0.369 e. The van der Waals surface area contributed by atoms with E-state index in [0.29, 0.717) is 12.0 Å². The second kappa shape index (κ2) is 5.22. The van der Waals surface area contributed by atoms with Gasteiger partial charge in [0, 0.05) is 12.0 Å². The molecule has 0 aromatic heterocycles. The maximum absolute atomic E-state index is 6.13. The fourth-order valence-corrected chi connectivity index (χ4v) is 3.03. The number of nitrogens with one attached hydrogen (secondary N) is 1. The molecule has 0 aromatic carbocycles. The molecule has 1 aliphatic rings. The second-order valence-electron chi connectivity index (χ2n) is 6.64. The van der Waals surface area contributed by atoms with E-state index >= 15 is 0 Å². The summed E-state index contributed by atoms with van der Waals surface area (Å²) in [6.07, 6.45) is 2.11. The first kappa shape index (κ1) is 14.9. The highest BCUT2D eigenvalue weighted by Gasteiger charge is 2.48. The van der Waals surface area contributed by atoms with E-state index < -0.39 is 0 Å². The Bertz CT molecular complexity index is 251. The Morgan fingerprint density at radius 1 is 1.35 bits per heavy atom. The number of ether oxygens (including phenoxy) is 1. The summed E-state index contributed by atoms with van der Waals surface area (Å²) in [4.78, 5) is 2.19. The lowest BCUT2D eigenvalue weighted by atomic mass is 9.80. The van der Waals surface area contributed by atoms with Gasteiger partial charge in [-0.25, -0.2) is 0 Å². The van der Waals surface area contributed by atoms with Gasteiger partial charge >= 0.3 is 0 Å². The van der Waals surface area contributed by atoms with E-state index in [0.717, 1.165) is 19.4 Å². The fourth-order valence-electron chi connectivity index (χ4n) is 3.03. The van der Waals surface area contributed by atoms with Gasteiger partial charge in [-0.15, -0.1) is 0 Å². The third-order valence-electron chi connectivity index (χ3n) is 3.73. The van der Waals surface area contributed by atoms with Crippen molar-refractivity contribution in [3.05, 3.63) is 0 Å². The predicted octanol–water partition coefficient (Wildman–Crippen LogP) is 1.36. The Morgan fingerprint density at radius 3 is 2.29 bits per heavy atom. The molecule has 4 heteroatoms. The van der Waals surface area contributed by atoms with Crippen LogP contribution in [0.3, 0.4) is 0 Å². The third kappa shape index (κ3) is 3.91. The predicted molar refractivity (Wildman–Crippen MR) is 71.6 cm³/mol. The average molecular weight is 243 g/mol. The molecule has 1 saturated heterocycles. The topological polar surface area (TPSA) is 50.5 Å². The van der Waals surface area contributed by atoms with Crippen molar-refractivity contribution in [2.75, 3.05) is 20.6 Å². The Hall–Kier alpha value is -0.160. The number of nitrogens with two attached hydrogens (primary N) is 1. The fraction of sp³-hybridized carbons (Fsp3) is 1.00. The molecule has 1 rings (SSSR count).